The van der Waals surface area contributed by atoms with Crippen molar-refractivity contribution >= 4 is 0 Å². The summed E-state index contributed by atoms with van der Waals surface area (Å²) in [5, 5.41) is 11.6. The summed E-state index contributed by atoms with van der Waals surface area (Å²) < 4.78 is 36.2. The molecule has 96 valence electrons. The Morgan fingerprint density at radius 1 is 1.25 bits per heavy atom. The van der Waals surface area contributed by atoms with Crippen LogP contribution in [0.2, 0.25) is 0 Å². The van der Waals surface area contributed by atoms with Crippen LogP contribution in [0, 0.1) is 5.92 Å². The molecule has 1 aliphatic rings. The highest BCUT2D eigenvalue weighted by atomic mass is 19.4. The Hall–Kier alpha value is -0.290. The van der Waals surface area contributed by atoms with Gasteiger partial charge in [0.15, 0.2) is 6.10 Å². The van der Waals surface area contributed by atoms with Crippen molar-refractivity contribution in [3.63, 3.8) is 0 Å². The van der Waals surface area contributed by atoms with Crippen LogP contribution in [0.3, 0.4) is 0 Å². The van der Waals surface area contributed by atoms with Gasteiger partial charge in [-0.15, -0.1) is 0 Å². The maximum atomic E-state index is 12.1. The number of aliphatic hydroxyl groups is 1. The van der Waals surface area contributed by atoms with Gasteiger partial charge in [0.25, 0.3) is 0 Å². The third kappa shape index (κ3) is 4.29. The van der Waals surface area contributed by atoms with Crippen LogP contribution in [-0.2, 0) is 0 Å². The Kier molecular flexibility index (Phi) is 5.05. The number of halogens is 3. The van der Waals surface area contributed by atoms with E-state index in [0.29, 0.717) is 5.92 Å². The first-order valence-corrected chi connectivity index (χ1v) is 5.89. The van der Waals surface area contributed by atoms with Gasteiger partial charge in [-0.2, -0.15) is 13.2 Å². The molecule has 1 saturated carbocycles. The molecule has 1 fully saturated rings. The van der Waals surface area contributed by atoms with Crippen LogP contribution >= 0.6 is 0 Å². The normalized spacial score (nSPS) is 23.1. The Morgan fingerprint density at radius 3 is 2.31 bits per heavy atom. The highest BCUT2D eigenvalue weighted by Gasteiger charge is 2.38. The quantitative estimate of drug-likeness (QED) is 0.790. The van der Waals surface area contributed by atoms with Crippen LogP contribution in [0.4, 0.5) is 13.2 Å². The first kappa shape index (κ1) is 13.8. The molecule has 1 aliphatic carbocycles. The Morgan fingerprint density at radius 2 is 1.81 bits per heavy atom. The van der Waals surface area contributed by atoms with Crippen LogP contribution in [0.25, 0.3) is 0 Å². The fourth-order valence-electron chi connectivity index (χ4n) is 2.21. The highest BCUT2D eigenvalue weighted by Crippen LogP contribution is 2.26. The molecule has 2 nitrogen and oxygen atoms in total. The molecule has 0 aromatic rings. The first-order valence-electron chi connectivity index (χ1n) is 5.89. The molecule has 0 heterocycles. The van der Waals surface area contributed by atoms with Crippen molar-refractivity contribution in [3.05, 3.63) is 0 Å². The fraction of sp³-hybridized carbons (Fsp3) is 1.00. The SMILES string of the molecule is CC(NCC(O)C(F)(F)F)C1CCCCC1. The summed E-state index contributed by atoms with van der Waals surface area (Å²) in [5.74, 6) is 0.453. The lowest BCUT2D eigenvalue weighted by Crippen LogP contribution is -2.44. The van der Waals surface area contributed by atoms with Gasteiger partial charge in [0.05, 0.1) is 0 Å². The van der Waals surface area contributed by atoms with E-state index in [-0.39, 0.29) is 6.04 Å². The molecular weight excluding hydrogens is 219 g/mol. The smallest absolute Gasteiger partial charge is 0.382 e. The van der Waals surface area contributed by atoms with E-state index in [1.165, 1.54) is 19.3 Å². The monoisotopic (exact) mass is 239 g/mol. The molecule has 2 unspecified atom stereocenters. The van der Waals surface area contributed by atoms with Crippen LogP contribution in [0.5, 0.6) is 0 Å². The van der Waals surface area contributed by atoms with Crippen molar-refractivity contribution in [2.75, 3.05) is 6.54 Å². The minimum Gasteiger partial charge on any atom is -0.382 e. The van der Waals surface area contributed by atoms with Crippen molar-refractivity contribution in [1.29, 1.82) is 0 Å². The molecule has 5 heteroatoms. The zero-order valence-electron chi connectivity index (χ0n) is 9.56. The largest absolute Gasteiger partial charge is 0.415 e. The molecule has 2 atom stereocenters. The van der Waals surface area contributed by atoms with Crippen LogP contribution in [0.1, 0.15) is 39.0 Å². The topological polar surface area (TPSA) is 32.3 Å². The molecule has 0 saturated heterocycles. The van der Waals surface area contributed by atoms with Gasteiger partial charge in [0, 0.05) is 12.6 Å². The predicted octanol–water partition coefficient (Wildman–Crippen LogP) is 2.47. The summed E-state index contributed by atoms with van der Waals surface area (Å²) in [6.45, 7) is 1.50. The summed E-state index contributed by atoms with van der Waals surface area (Å²) in [5.41, 5.74) is 0. The lowest BCUT2D eigenvalue weighted by molar-refractivity contribution is -0.202. The first-order chi connectivity index (χ1) is 7.41. The highest BCUT2D eigenvalue weighted by molar-refractivity contribution is 4.78. The summed E-state index contributed by atoms with van der Waals surface area (Å²) in [7, 11) is 0. The van der Waals surface area contributed by atoms with Crippen molar-refractivity contribution in [2.24, 2.45) is 5.92 Å². The average molecular weight is 239 g/mol. The van der Waals surface area contributed by atoms with E-state index in [9.17, 15) is 13.2 Å². The molecular formula is C11H20F3NO. The third-order valence-electron chi connectivity index (χ3n) is 3.37. The molecule has 0 aromatic carbocycles. The van der Waals surface area contributed by atoms with Gasteiger partial charge < -0.3 is 10.4 Å². The second kappa shape index (κ2) is 5.87. The van der Waals surface area contributed by atoms with Crippen LogP contribution in [0.15, 0.2) is 0 Å². The lowest BCUT2D eigenvalue weighted by atomic mass is 9.84. The van der Waals surface area contributed by atoms with Gasteiger partial charge in [0.1, 0.15) is 0 Å². The van der Waals surface area contributed by atoms with Gasteiger partial charge in [-0.25, -0.2) is 0 Å². The predicted molar refractivity (Wildman–Crippen MR) is 56.1 cm³/mol. The number of rotatable bonds is 4. The van der Waals surface area contributed by atoms with Crippen molar-refractivity contribution < 1.29 is 18.3 Å². The van der Waals surface area contributed by atoms with E-state index in [0.717, 1.165) is 12.8 Å². The minimum absolute atomic E-state index is 0.0531. The molecule has 0 aliphatic heterocycles. The Balaban J connectivity index is 2.26. The Bertz CT molecular complexity index is 202. The number of hydrogen-bond acceptors (Lipinski definition) is 2. The maximum absolute atomic E-state index is 12.1. The average Bonchev–Trinajstić information content (AvgIpc) is 2.25. The van der Waals surface area contributed by atoms with E-state index in [4.69, 9.17) is 5.11 Å². The number of aliphatic hydroxyl groups excluding tert-OH is 1. The van der Waals surface area contributed by atoms with Gasteiger partial charge >= 0.3 is 6.18 Å². The fourth-order valence-corrected chi connectivity index (χ4v) is 2.21. The van der Waals surface area contributed by atoms with E-state index >= 15 is 0 Å². The zero-order chi connectivity index (χ0) is 12.2. The maximum Gasteiger partial charge on any atom is 0.415 e. The number of nitrogens with one attached hydrogen (secondary N) is 1. The van der Waals surface area contributed by atoms with E-state index in [2.05, 4.69) is 5.32 Å². The molecule has 1 rings (SSSR count). The molecule has 0 radical (unpaired) electrons. The molecule has 2 N–H and O–H groups in total. The molecule has 0 spiro atoms. The summed E-state index contributed by atoms with van der Waals surface area (Å²) in [6.07, 6.45) is -1.05. The van der Waals surface area contributed by atoms with Gasteiger partial charge in [-0.1, -0.05) is 19.3 Å². The Labute approximate surface area is 94.2 Å². The molecule has 16 heavy (non-hydrogen) atoms. The van der Waals surface area contributed by atoms with Gasteiger partial charge in [0.2, 0.25) is 0 Å². The molecule has 0 aromatic heterocycles. The standard InChI is InChI=1S/C11H20F3NO/c1-8(9-5-3-2-4-6-9)15-7-10(16)11(12,13)14/h8-10,15-16H,2-7H2,1H3. The summed E-state index contributed by atoms with van der Waals surface area (Å²) in [4.78, 5) is 0. The second-order valence-corrected chi connectivity index (χ2v) is 4.65. The number of hydrogen-bond donors (Lipinski definition) is 2. The van der Waals surface area contributed by atoms with Crippen molar-refractivity contribution in [1.82, 2.24) is 5.32 Å². The van der Waals surface area contributed by atoms with Crippen LogP contribution < -0.4 is 5.32 Å². The van der Waals surface area contributed by atoms with E-state index in [1.807, 2.05) is 6.92 Å². The molecule has 0 amide bonds. The van der Waals surface area contributed by atoms with Crippen molar-refractivity contribution in [3.8, 4) is 0 Å². The minimum atomic E-state index is -4.51. The molecule has 0 bridgehead atoms. The zero-order valence-corrected chi connectivity index (χ0v) is 9.56. The second-order valence-electron chi connectivity index (χ2n) is 4.65. The van der Waals surface area contributed by atoms with Gasteiger partial charge in [-0.05, 0) is 25.7 Å². The summed E-state index contributed by atoms with van der Waals surface area (Å²) >= 11 is 0. The van der Waals surface area contributed by atoms with E-state index < -0.39 is 18.8 Å². The van der Waals surface area contributed by atoms with Gasteiger partial charge in [-0.3, -0.25) is 0 Å². The summed E-state index contributed by atoms with van der Waals surface area (Å²) in [6, 6.07) is 0.0531. The van der Waals surface area contributed by atoms with E-state index in [1.54, 1.807) is 0 Å². The third-order valence-corrected chi connectivity index (χ3v) is 3.37. The van der Waals surface area contributed by atoms with Crippen LogP contribution in [-0.4, -0.2) is 30.0 Å². The van der Waals surface area contributed by atoms with Crippen molar-refractivity contribution in [2.45, 2.75) is 57.3 Å². The number of alkyl halides is 3. The lowest BCUT2D eigenvalue weighted by Gasteiger charge is -2.29.